The summed E-state index contributed by atoms with van der Waals surface area (Å²) in [6, 6.07) is 12.0. The molecule has 1 aromatic heterocycles. The van der Waals surface area contributed by atoms with Gasteiger partial charge in [-0.1, -0.05) is 24.3 Å². The second-order valence-electron chi connectivity index (χ2n) is 14.8. The van der Waals surface area contributed by atoms with Crippen LogP contribution in [0.4, 0.5) is 15.3 Å². The van der Waals surface area contributed by atoms with Crippen LogP contribution in [0, 0.1) is 18.8 Å². The fourth-order valence-electron chi connectivity index (χ4n) is 8.61. The number of aryl methyl sites for hydroxylation is 2. The van der Waals surface area contributed by atoms with Gasteiger partial charge >= 0.3 is 12.1 Å². The first-order chi connectivity index (χ1) is 23.7. The maximum Gasteiger partial charge on any atom is 0.410 e. The van der Waals surface area contributed by atoms with Gasteiger partial charge in [0.05, 0.1) is 5.52 Å². The number of carbonyl (C=O) groups excluding carboxylic acids is 3. The molecule has 3 fully saturated rings. The number of benzene rings is 2. The number of ether oxygens (including phenoxy) is 1. The molecule has 11 heteroatoms. The minimum Gasteiger partial charge on any atom is -0.436 e. The van der Waals surface area contributed by atoms with Crippen LogP contribution in [0.15, 0.2) is 42.6 Å². The highest BCUT2D eigenvalue weighted by atomic mass is 16.6. The highest BCUT2D eigenvalue weighted by Gasteiger charge is 2.37. The SMILES string of the molecule is Cc1cc(C[C@@H](OC(=O)N2CCC(N3CCc4ccccc4NC3=O)CC2)C(=O)N2CCC(C3CCN(C)CC3)CC2)cc2cn(C)nc12. The van der Waals surface area contributed by atoms with Gasteiger partial charge in [-0.3, -0.25) is 9.48 Å². The Balaban J connectivity index is 1.01. The minimum absolute atomic E-state index is 0.0378. The second-order valence-corrected chi connectivity index (χ2v) is 14.8. The second kappa shape index (κ2) is 14.4. The van der Waals surface area contributed by atoms with Crippen LogP contribution in [0.5, 0.6) is 0 Å². The van der Waals surface area contributed by atoms with E-state index >= 15 is 0 Å². The largest absolute Gasteiger partial charge is 0.436 e. The number of nitrogens with zero attached hydrogens (tertiary/aromatic N) is 6. The maximum absolute atomic E-state index is 14.2. The molecule has 11 nitrogen and oxygen atoms in total. The molecule has 0 bridgehead atoms. The number of nitrogens with one attached hydrogen (secondary N) is 1. The molecule has 4 aliphatic heterocycles. The number of carbonyl (C=O) groups is 3. The van der Waals surface area contributed by atoms with E-state index in [1.807, 2.05) is 48.2 Å². The molecular formula is C38H51N7O4. The molecule has 4 aliphatic rings. The van der Waals surface area contributed by atoms with Gasteiger partial charge < -0.3 is 29.7 Å². The van der Waals surface area contributed by atoms with E-state index in [0.717, 1.165) is 71.6 Å². The quantitative estimate of drug-likeness (QED) is 0.394. The van der Waals surface area contributed by atoms with Gasteiger partial charge in [-0.15, -0.1) is 0 Å². The van der Waals surface area contributed by atoms with E-state index < -0.39 is 12.2 Å². The lowest BCUT2D eigenvalue weighted by atomic mass is 9.79. The van der Waals surface area contributed by atoms with Crippen molar-refractivity contribution in [2.45, 2.75) is 70.4 Å². The summed E-state index contributed by atoms with van der Waals surface area (Å²) in [5, 5.41) is 8.66. The molecule has 0 spiro atoms. The van der Waals surface area contributed by atoms with E-state index in [-0.39, 0.29) is 18.0 Å². The molecule has 0 unspecified atom stereocenters. The summed E-state index contributed by atoms with van der Waals surface area (Å²) >= 11 is 0. The standard InChI is InChI=1S/C38H51N7O4/c1-26-22-27(23-31-25-42(3)40-35(26)31)24-34(36(46)43-17-10-29(11-18-43)28-8-15-41(2)16-9-28)49-38(48)44-19-13-32(14-20-44)45-21-12-30-6-4-5-7-33(30)39-37(45)47/h4-7,22-23,25,28-29,32,34H,8-21,24H2,1-3H3,(H,39,47)/t34-/m1/s1. The average Bonchev–Trinajstić information content (AvgIpc) is 3.40. The van der Waals surface area contributed by atoms with Gasteiger partial charge in [-0.05, 0) is 113 Å². The first kappa shape index (κ1) is 33.4. The zero-order valence-electron chi connectivity index (χ0n) is 29.3. The molecular weight excluding hydrogens is 618 g/mol. The number of anilines is 1. The number of aromatic nitrogens is 2. The van der Waals surface area contributed by atoms with Crippen LogP contribution < -0.4 is 5.32 Å². The summed E-state index contributed by atoms with van der Waals surface area (Å²) in [4.78, 5) is 49.0. The third kappa shape index (κ3) is 7.41. The fraction of sp³-hybridized carbons (Fsp3) is 0.579. The first-order valence-corrected chi connectivity index (χ1v) is 18.2. The van der Waals surface area contributed by atoms with Crippen molar-refractivity contribution in [2.75, 3.05) is 58.2 Å². The van der Waals surface area contributed by atoms with E-state index in [9.17, 15) is 14.4 Å². The summed E-state index contributed by atoms with van der Waals surface area (Å²) in [5.74, 6) is 1.28. The van der Waals surface area contributed by atoms with E-state index in [0.29, 0.717) is 57.9 Å². The number of urea groups is 1. The van der Waals surface area contributed by atoms with Crippen LogP contribution in [-0.4, -0.2) is 112 Å². The van der Waals surface area contributed by atoms with Gasteiger partial charge in [-0.25, -0.2) is 9.59 Å². The normalized spacial score (nSPS) is 21.0. The summed E-state index contributed by atoms with van der Waals surface area (Å²) in [6.45, 7) is 7.34. The molecule has 3 saturated heterocycles. The number of hydrogen-bond acceptors (Lipinski definition) is 6. The molecule has 7 rings (SSSR count). The summed E-state index contributed by atoms with van der Waals surface area (Å²) in [6.07, 6.45) is 7.54. The highest BCUT2D eigenvalue weighted by Crippen LogP contribution is 2.33. The van der Waals surface area contributed by atoms with Gasteiger partial charge in [-0.2, -0.15) is 5.10 Å². The molecule has 0 aliphatic carbocycles. The number of para-hydroxylation sites is 1. The highest BCUT2D eigenvalue weighted by molar-refractivity contribution is 5.91. The van der Waals surface area contributed by atoms with Crippen LogP contribution >= 0.6 is 0 Å². The lowest BCUT2D eigenvalue weighted by Gasteiger charge is -2.40. The average molecular weight is 670 g/mol. The Morgan fingerprint density at radius 2 is 1.57 bits per heavy atom. The van der Waals surface area contributed by atoms with E-state index in [1.54, 1.807) is 9.58 Å². The minimum atomic E-state index is -0.909. The predicted molar refractivity (Wildman–Crippen MR) is 189 cm³/mol. The molecule has 1 N–H and O–H groups in total. The van der Waals surface area contributed by atoms with Gasteiger partial charge in [0.15, 0.2) is 6.10 Å². The predicted octanol–water partition coefficient (Wildman–Crippen LogP) is 5.06. The van der Waals surface area contributed by atoms with E-state index in [4.69, 9.17) is 4.74 Å². The molecule has 1 atom stereocenters. The molecule has 4 amide bonds. The zero-order chi connectivity index (χ0) is 34.1. The van der Waals surface area contributed by atoms with Crippen molar-refractivity contribution in [2.24, 2.45) is 18.9 Å². The van der Waals surface area contributed by atoms with Gasteiger partial charge in [0.1, 0.15) is 0 Å². The number of amides is 4. The monoisotopic (exact) mass is 669 g/mol. The Kier molecular flexibility index (Phi) is 9.80. The Morgan fingerprint density at radius 3 is 2.31 bits per heavy atom. The third-order valence-electron chi connectivity index (χ3n) is 11.5. The molecule has 2 aromatic carbocycles. The number of rotatable bonds is 6. The van der Waals surface area contributed by atoms with Gasteiger partial charge in [0.2, 0.25) is 0 Å². The first-order valence-electron chi connectivity index (χ1n) is 18.2. The Morgan fingerprint density at radius 1 is 0.898 bits per heavy atom. The maximum atomic E-state index is 14.2. The fourth-order valence-corrected chi connectivity index (χ4v) is 8.61. The number of hydrogen-bond donors (Lipinski definition) is 1. The van der Waals surface area contributed by atoms with Crippen molar-refractivity contribution in [1.82, 2.24) is 29.4 Å². The van der Waals surface area contributed by atoms with Crippen molar-refractivity contribution in [3.8, 4) is 0 Å². The summed E-state index contributed by atoms with van der Waals surface area (Å²) < 4.78 is 7.96. The van der Waals surface area contributed by atoms with Gasteiger partial charge in [0.25, 0.3) is 5.91 Å². The van der Waals surface area contributed by atoms with Crippen LogP contribution in [0.2, 0.25) is 0 Å². The summed E-state index contributed by atoms with van der Waals surface area (Å²) in [5.41, 5.74) is 4.94. The molecule has 49 heavy (non-hydrogen) atoms. The topological polar surface area (TPSA) is 103 Å². The van der Waals surface area contributed by atoms with E-state index in [2.05, 4.69) is 40.6 Å². The van der Waals surface area contributed by atoms with Crippen molar-refractivity contribution in [3.63, 3.8) is 0 Å². The number of piperidine rings is 3. The Hall–Kier alpha value is -4.12. The van der Waals surface area contributed by atoms with E-state index in [1.165, 1.54) is 12.8 Å². The van der Waals surface area contributed by atoms with Crippen LogP contribution in [0.1, 0.15) is 55.2 Å². The van der Waals surface area contributed by atoms with Crippen LogP contribution in [-0.2, 0) is 29.4 Å². The smallest absolute Gasteiger partial charge is 0.410 e. The van der Waals surface area contributed by atoms with Crippen molar-refractivity contribution in [3.05, 3.63) is 59.3 Å². The van der Waals surface area contributed by atoms with Crippen molar-refractivity contribution >= 4 is 34.6 Å². The van der Waals surface area contributed by atoms with Crippen LogP contribution in [0.25, 0.3) is 10.9 Å². The molecule has 262 valence electrons. The molecule has 0 radical (unpaired) electrons. The molecule has 5 heterocycles. The number of fused-ring (bicyclic) bond motifs is 2. The number of likely N-dealkylation sites (tertiary alicyclic amines) is 3. The zero-order valence-corrected chi connectivity index (χ0v) is 29.3. The Labute approximate surface area is 289 Å². The van der Waals surface area contributed by atoms with Crippen molar-refractivity contribution < 1.29 is 19.1 Å². The third-order valence-corrected chi connectivity index (χ3v) is 11.5. The molecule has 0 saturated carbocycles. The lowest BCUT2D eigenvalue weighted by molar-refractivity contribution is -0.142. The van der Waals surface area contributed by atoms with Crippen molar-refractivity contribution in [1.29, 1.82) is 0 Å². The molecule has 3 aromatic rings. The lowest BCUT2D eigenvalue weighted by Crippen LogP contribution is -2.52. The summed E-state index contributed by atoms with van der Waals surface area (Å²) in [7, 11) is 4.10. The Bertz CT molecular complexity index is 1670. The van der Waals surface area contributed by atoms with Gasteiger partial charge in [0, 0.05) is 69.5 Å². The van der Waals surface area contributed by atoms with Crippen LogP contribution in [0.3, 0.4) is 0 Å².